The van der Waals surface area contributed by atoms with E-state index in [0.717, 1.165) is 16.8 Å². The van der Waals surface area contributed by atoms with E-state index in [2.05, 4.69) is 29.7 Å². The predicted octanol–water partition coefficient (Wildman–Crippen LogP) is 3.98. The first-order valence-electron chi connectivity index (χ1n) is 7.71. The van der Waals surface area contributed by atoms with Crippen molar-refractivity contribution >= 4 is 11.6 Å². The van der Waals surface area contributed by atoms with Gasteiger partial charge in [-0.2, -0.15) is 0 Å². The van der Waals surface area contributed by atoms with Crippen LogP contribution in [0.25, 0.3) is 0 Å². The maximum absolute atomic E-state index is 12.0. The molecule has 0 heterocycles. The van der Waals surface area contributed by atoms with Crippen molar-refractivity contribution in [3.05, 3.63) is 65.2 Å². The molecule has 1 unspecified atom stereocenters. The summed E-state index contributed by atoms with van der Waals surface area (Å²) in [7, 11) is 0. The van der Waals surface area contributed by atoms with Gasteiger partial charge in [0.1, 0.15) is 0 Å². The Labute approximate surface area is 132 Å². The quantitative estimate of drug-likeness (QED) is 0.846. The van der Waals surface area contributed by atoms with Crippen LogP contribution in [0, 0.1) is 13.8 Å². The summed E-state index contributed by atoms with van der Waals surface area (Å²) >= 11 is 0. The van der Waals surface area contributed by atoms with Gasteiger partial charge in [0.05, 0.1) is 0 Å². The summed E-state index contributed by atoms with van der Waals surface area (Å²) in [5, 5.41) is 6.37. The van der Waals surface area contributed by atoms with Crippen molar-refractivity contribution in [3.63, 3.8) is 0 Å². The van der Waals surface area contributed by atoms with Gasteiger partial charge in [0, 0.05) is 24.7 Å². The Balaban J connectivity index is 1.80. The third-order valence-electron chi connectivity index (χ3n) is 3.77. The van der Waals surface area contributed by atoms with Crippen molar-refractivity contribution in [2.45, 2.75) is 33.2 Å². The van der Waals surface area contributed by atoms with Crippen LogP contribution in [0.15, 0.2) is 48.5 Å². The van der Waals surface area contributed by atoms with E-state index in [-0.39, 0.29) is 11.9 Å². The SMILES string of the molecule is Cc1ccc(C)c(NC(=O)CCNC(C)c2ccccc2)c1. The fourth-order valence-electron chi connectivity index (χ4n) is 2.34. The molecule has 3 heteroatoms. The van der Waals surface area contributed by atoms with E-state index >= 15 is 0 Å². The van der Waals surface area contributed by atoms with Crippen LogP contribution in [-0.2, 0) is 4.79 Å². The molecule has 1 atom stereocenters. The summed E-state index contributed by atoms with van der Waals surface area (Å²) in [6, 6.07) is 16.6. The molecule has 22 heavy (non-hydrogen) atoms. The lowest BCUT2D eigenvalue weighted by atomic mass is 10.1. The predicted molar refractivity (Wildman–Crippen MR) is 92.0 cm³/mol. The van der Waals surface area contributed by atoms with Gasteiger partial charge < -0.3 is 10.6 Å². The molecular weight excluding hydrogens is 272 g/mol. The second kappa shape index (κ2) is 7.76. The van der Waals surface area contributed by atoms with Crippen molar-refractivity contribution in [2.24, 2.45) is 0 Å². The van der Waals surface area contributed by atoms with Crippen LogP contribution in [0.2, 0.25) is 0 Å². The number of carbonyl (C=O) groups excluding carboxylic acids is 1. The Morgan fingerprint density at radius 2 is 1.82 bits per heavy atom. The Hall–Kier alpha value is -2.13. The lowest BCUT2D eigenvalue weighted by Gasteiger charge is -2.14. The highest BCUT2D eigenvalue weighted by Crippen LogP contribution is 2.16. The first-order chi connectivity index (χ1) is 10.6. The number of hydrogen-bond acceptors (Lipinski definition) is 2. The zero-order valence-corrected chi connectivity index (χ0v) is 13.5. The number of nitrogens with one attached hydrogen (secondary N) is 2. The third kappa shape index (κ3) is 4.71. The van der Waals surface area contributed by atoms with Gasteiger partial charge in [-0.1, -0.05) is 42.5 Å². The van der Waals surface area contributed by atoms with Crippen LogP contribution in [0.1, 0.15) is 36.1 Å². The maximum atomic E-state index is 12.0. The summed E-state index contributed by atoms with van der Waals surface area (Å²) in [6.45, 7) is 6.80. The average molecular weight is 296 g/mol. The standard InChI is InChI=1S/C19H24N2O/c1-14-9-10-15(2)18(13-14)21-19(22)11-12-20-16(3)17-7-5-4-6-8-17/h4-10,13,16,20H,11-12H2,1-3H3,(H,21,22). The Kier molecular flexibility index (Phi) is 5.73. The fourth-order valence-corrected chi connectivity index (χ4v) is 2.34. The second-order valence-corrected chi connectivity index (χ2v) is 5.70. The molecule has 0 aliphatic heterocycles. The van der Waals surface area contributed by atoms with Gasteiger partial charge in [0.15, 0.2) is 0 Å². The number of aryl methyl sites for hydroxylation is 2. The van der Waals surface area contributed by atoms with Crippen molar-refractivity contribution in [1.29, 1.82) is 0 Å². The lowest BCUT2D eigenvalue weighted by molar-refractivity contribution is -0.116. The van der Waals surface area contributed by atoms with Crippen LogP contribution in [0.4, 0.5) is 5.69 Å². The minimum Gasteiger partial charge on any atom is -0.326 e. The Bertz CT molecular complexity index is 623. The highest BCUT2D eigenvalue weighted by atomic mass is 16.1. The molecule has 0 fully saturated rings. The van der Waals surface area contributed by atoms with Gasteiger partial charge in [0.25, 0.3) is 0 Å². The lowest BCUT2D eigenvalue weighted by Crippen LogP contribution is -2.24. The summed E-state index contributed by atoms with van der Waals surface area (Å²) in [5.41, 5.74) is 4.37. The second-order valence-electron chi connectivity index (χ2n) is 5.70. The zero-order valence-electron chi connectivity index (χ0n) is 13.5. The molecule has 1 amide bonds. The molecule has 2 N–H and O–H groups in total. The molecule has 2 aromatic carbocycles. The van der Waals surface area contributed by atoms with Gasteiger partial charge >= 0.3 is 0 Å². The zero-order chi connectivity index (χ0) is 15.9. The van der Waals surface area contributed by atoms with Crippen molar-refractivity contribution in [2.75, 3.05) is 11.9 Å². The molecule has 2 aromatic rings. The molecule has 116 valence electrons. The van der Waals surface area contributed by atoms with Crippen LogP contribution >= 0.6 is 0 Å². The van der Waals surface area contributed by atoms with Gasteiger partial charge in [-0.05, 0) is 43.5 Å². The number of amides is 1. The largest absolute Gasteiger partial charge is 0.326 e. The number of hydrogen-bond donors (Lipinski definition) is 2. The van der Waals surface area contributed by atoms with Crippen molar-refractivity contribution < 1.29 is 4.79 Å². The molecule has 0 spiro atoms. The highest BCUT2D eigenvalue weighted by molar-refractivity contribution is 5.91. The number of anilines is 1. The van der Waals surface area contributed by atoms with E-state index < -0.39 is 0 Å². The van der Waals surface area contributed by atoms with E-state index in [0.29, 0.717) is 13.0 Å². The minimum absolute atomic E-state index is 0.0430. The summed E-state index contributed by atoms with van der Waals surface area (Å²) in [4.78, 5) is 12.0. The summed E-state index contributed by atoms with van der Waals surface area (Å²) in [5.74, 6) is 0.0430. The molecule has 0 saturated heterocycles. The molecule has 0 bridgehead atoms. The van der Waals surface area contributed by atoms with Crippen LogP contribution in [-0.4, -0.2) is 12.5 Å². The molecule has 3 nitrogen and oxygen atoms in total. The van der Waals surface area contributed by atoms with E-state index in [1.165, 1.54) is 5.56 Å². The van der Waals surface area contributed by atoms with Crippen LogP contribution < -0.4 is 10.6 Å². The first-order valence-corrected chi connectivity index (χ1v) is 7.71. The van der Waals surface area contributed by atoms with Gasteiger partial charge in [0.2, 0.25) is 5.91 Å². The van der Waals surface area contributed by atoms with E-state index in [1.807, 2.05) is 50.2 Å². The first kappa shape index (κ1) is 16.2. The number of benzene rings is 2. The maximum Gasteiger partial charge on any atom is 0.225 e. The van der Waals surface area contributed by atoms with Crippen molar-refractivity contribution in [3.8, 4) is 0 Å². The molecule has 0 radical (unpaired) electrons. The summed E-state index contributed by atoms with van der Waals surface area (Å²) in [6.07, 6.45) is 0.463. The van der Waals surface area contributed by atoms with Crippen LogP contribution in [0.5, 0.6) is 0 Å². The number of rotatable bonds is 6. The number of carbonyl (C=O) groups is 1. The average Bonchev–Trinajstić information content (AvgIpc) is 2.51. The van der Waals surface area contributed by atoms with E-state index in [9.17, 15) is 4.79 Å². The van der Waals surface area contributed by atoms with Gasteiger partial charge in [-0.15, -0.1) is 0 Å². The van der Waals surface area contributed by atoms with E-state index in [1.54, 1.807) is 0 Å². The smallest absolute Gasteiger partial charge is 0.225 e. The molecule has 0 aromatic heterocycles. The summed E-state index contributed by atoms with van der Waals surface area (Å²) < 4.78 is 0. The molecular formula is C19H24N2O. The molecule has 0 aliphatic carbocycles. The van der Waals surface area contributed by atoms with E-state index in [4.69, 9.17) is 0 Å². The third-order valence-corrected chi connectivity index (χ3v) is 3.77. The Morgan fingerprint density at radius 3 is 2.55 bits per heavy atom. The topological polar surface area (TPSA) is 41.1 Å². The fraction of sp³-hybridized carbons (Fsp3) is 0.316. The normalized spacial score (nSPS) is 12.0. The van der Waals surface area contributed by atoms with Gasteiger partial charge in [-0.3, -0.25) is 4.79 Å². The highest BCUT2D eigenvalue weighted by Gasteiger charge is 2.07. The molecule has 2 rings (SSSR count). The van der Waals surface area contributed by atoms with Crippen LogP contribution in [0.3, 0.4) is 0 Å². The monoisotopic (exact) mass is 296 g/mol. The minimum atomic E-state index is 0.0430. The molecule has 0 aliphatic rings. The Morgan fingerprint density at radius 1 is 1.09 bits per heavy atom. The van der Waals surface area contributed by atoms with Crippen molar-refractivity contribution in [1.82, 2.24) is 5.32 Å². The molecule has 0 saturated carbocycles. The van der Waals surface area contributed by atoms with Gasteiger partial charge in [-0.25, -0.2) is 0 Å².